The summed E-state index contributed by atoms with van der Waals surface area (Å²) in [5.41, 5.74) is 2.39. The van der Waals surface area contributed by atoms with Crippen LogP contribution in [0.15, 0.2) is 54.6 Å². The van der Waals surface area contributed by atoms with Gasteiger partial charge in [-0.2, -0.15) is 0 Å². The maximum absolute atomic E-state index is 12.8. The molecule has 0 atom stereocenters. The number of para-hydroxylation sites is 1. The van der Waals surface area contributed by atoms with Crippen LogP contribution < -0.4 is 0 Å². The zero-order valence-electron chi connectivity index (χ0n) is 15.3. The molecule has 1 amide bonds. The first-order valence-electron chi connectivity index (χ1n) is 9.26. The van der Waals surface area contributed by atoms with E-state index in [0.29, 0.717) is 22.2 Å². The number of amides is 1. The molecule has 1 N–H and O–H groups in total. The highest BCUT2D eigenvalue weighted by Gasteiger charge is 2.21. The van der Waals surface area contributed by atoms with Crippen LogP contribution in [0.1, 0.15) is 23.2 Å². The number of benzene rings is 2. The Kier molecular flexibility index (Phi) is 4.93. The van der Waals surface area contributed by atoms with E-state index in [1.54, 1.807) is 35.2 Å². The van der Waals surface area contributed by atoms with Crippen LogP contribution in [0.4, 0.5) is 0 Å². The molecule has 0 saturated carbocycles. The zero-order valence-corrected chi connectivity index (χ0v) is 15.3. The molecule has 6 heteroatoms. The second kappa shape index (κ2) is 7.68. The molecule has 0 spiro atoms. The molecular formula is C22H20N2O4. The summed E-state index contributed by atoms with van der Waals surface area (Å²) in [5, 5.41) is 10.2. The summed E-state index contributed by atoms with van der Waals surface area (Å²) >= 11 is 0. The third kappa shape index (κ3) is 3.67. The molecule has 0 bridgehead atoms. The van der Waals surface area contributed by atoms with Crippen molar-refractivity contribution in [2.45, 2.75) is 12.8 Å². The van der Waals surface area contributed by atoms with Crippen LogP contribution in [0.2, 0.25) is 0 Å². The first kappa shape index (κ1) is 18.0. The van der Waals surface area contributed by atoms with E-state index in [0.717, 1.165) is 31.5 Å². The van der Waals surface area contributed by atoms with Crippen molar-refractivity contribution < 1.29 is 19.4 Å². The maximum Gasteiger partial charge on any atom is 0.339 e. The van der Waals surface area contributed by atoms with E-state index >= 15 is 0 Å². The third-order valence-corrected chi connectivity index (χ3v) is 4.88. The Morgan fingerprint density at radius 3 is 2.50 bits per heavy atom. The van der Waals surface area contributed by atoms with Gasteiger partial charge in [-0.05, 0) is 49.2 Å². The Bertz CT molecular complexity index is 1020. The number of rotatable bonds is 4. The molecule has 0 aliphatic carbocycles. The van der Waals surface area contributed by atoms with E-state index in [9.17, 15) is 14.7 Å². The number of aromatic nitrogens is 1. The molecule has 1 aromatic heterocycles. The SMILES string of the molecule is O=C(OCC(=O)N1CCCC1)c1cc(-c2ccc(O)cc2)nc2ccccc12. The van der Waals surface area contributed by atoms with Gasteiger partial charge >= 0.3 is 5.97 Å². The number of carbonyl (C=O) groups is 2. The number of pyridine rings is 1. The van der Waals surface area contributed by atoms with Gasteiger partial charge < -0.3 is 14.7 Å². The number of carbonyl (C=O) groups excluding carboxylic acids is 2. The van der Waals surface area contributed by atoms with Gasteiger partial charge in [-0.15, -0.1) is 0 Å². The number of nitrogens with zero attached hydrogens (tertiary/aromatic N) is 2. The lowest BCUT2D eigenvalue weighted by Gasteiger charge is -2.15. The van der Waals surface area contributed by atoms with Crippen molar-refractivity contribution in [1.82, 2.24) is 9.88 Å². The summed E-state index contributed by atoms with van der Waals surface area (Å²) in [6.45, 7) is 1.18. The lowest BCUT2D eigenvalue weighted by Crippen LogP contribution is -2.32. The van der Waals surface area contributed by atoms with Crippen molar-refractivity contribution in [1.29, 1.82) is 0 Å². The van der Waals surface area contributed by atoms with Crippen LogP contribution in [0, 0.1) is 0 Å². The van der Waals surface area contributed by atoms with Gasteiger partial charge in [-0.1, -0.05) is 18.2 Å². The van der Waals surface area contributed by atoms with Crippen molar-refractivity contribution >= 4 is 22.8 Å². The highest BCUT2D eigenvalue weighted by Crippen LogP contribution is 2.26. The highest BCUT2D eigenvalue weighted by molar-refractivity contribution is 6.05. The molecule has 1 fully saturated rings. The molecule has 1 aliphatic rings. The highest BCUT2D eigenvalue weighted by atomic mass is 16.5. The zero-order chi connectivity index (χ0) is 19.5. The smallest absolute Gasteiger partial charge is 0.339 e. The molecule has 3 aromatic rings. The van der Waals surface area contributed by atoms with Gasteiger partial charge in [0.05, 0.1) is 16.8 Å². The Hall–Kier alpha value is -3.41. The van der Waals surface area contributed by atoms with E-state index < -0.39 is 5.97 Å². The molecule has 2 aromatic carbocycles. The predicted octanol–water partition coefficient (Wildman–Crippen LogP) is 3.39. The van der Waals surface area contributed by atoms with Crippen LogP contribution in [-0.4, -0.2) is 46.6 Å². The molecule has 0 unspecified atom stereocenters. The summed E-state index contributed by atoms with van der Waals surface area (Å²) in [6, 6.07) is 15.6. The fourth-order valence-corrected chi connectivity index (χ4v) is 3.39. The van der Waals surface area contributed by atoms with Crippen LogP contribution in [-0.2, 0) is 9.53 Å². The van der Waals surface area contributed by atoms with Crippen LogP contribution in [0.25, 0.3) is 22.2 Å². The minimum absolute atomic E-state index is 0.157. The number of hydrogen-bond acceptors (Lipinski definition) is 5. The number of fused-ring (bicyclic) bond motifs is 1. The quantitative estimate of drug-likeness (QED) is 0.706. The molecule has 6 nitrogen and oxygen atoms in total. The minimum Gasteiger partial charge on any atom is -0.508 e. The van der Waals surface area contributed by atoms with Crippen molar-refractivity contribution in [3.63, 3.8) is 0 Å². The summed E-state index contributed by atoms with van der Waals surface area (Å²) in [6.07, 6.45) is 1.98. The van der Waals surface area contributed by atoms with Gasteiger partial charge in [0.1, 0.15) is 5.75 Å². The fraction of sp³-hybridized carbons (Fsp3) is 0.227. The number of ether oxygens (including phenoxy) is 1. The van der Waals surface area contributed by atoms with Crippen molar-refractivity contribution in [2.24, 2.45) is 0 Å². The maximum atomic E-state index is 12.8. The number of phenols is 1. The minimum atomic E-state index is -0.550. The molecule has 28 heavy (non-hydrogen) atoms. The Labute approximate surface area is 162 Å². The number of likely N-dealkylation sites (tertiary alicyclic amines) is 1. The van der Waals surface area contributed by atoms with Gasteiger partial charge in [-0.3, -0.25) is 4.79 Å². The monoisotopic (exact) mass is 376 g/mol. The second-order valence-electron chi connectivity index (χ2n) is 6.78. The predicted molar refractivity (Wildman–Crippen MR) is 105 cm³/mol. The number of esters is 1. The largest absolute Gasteiger partial charge is 0.508 e. The van der Waals surface area contributed by atoms with Gasteiger partial charge in [0.25, 0.3) is 5.91 Å². The molecule has 0 radical (unpaired) electrons. The first-order valence-corrected chi connectivity index (χ1v) is 9.26. The van der Waals surface area contributed by atoms with Gasteiger partial charge in [0.2, 0.25) is 0 Å². The molecular weight excluding hydrogens is 356 g/mol. The molecule has 142 valence electrons. The summed E-state index contributed by atoms with van der Waals surface area (Å²) < 4.78 is 5.32. The average molecular weight is 376 g/mol. The van der Waals surface area contributed by atoms with E-state index in [1.165, 1.54) is 0 Å². The fourth-order valence-electron chi connectivity index (χ4n) is 3.39. The Morgan fingerprint density at radius 1 is 1.04 bits per heavy atom. The average Bonchev–Trinajstić information content (AvgIpc) is 3.26. The van der Waals surface area contributed by atoms with E-state index in [4.69, 9.17) is 4.74 Å². The van der Waals surface area contributed by atoms with Gasteiger partial charge in [-0.25, -0.2) is 9.78 Å². The number of phenolic OH excluding ortho intramolecular Hbond substituents is 1. The van der Waals surface area contributed by atoms with Crippen LogP contribution in [0.3, 0.4) is 0 Å². The molecule has 1 saturated heterocycles. The molecule has 4 rings (SSSR count). The normalized spacial score (nSPS) is 13.6. The Balaban J connectivity index is 1.63. The van der Waals surface area contributed by atoms with Crippen molar-refractivity contribution in [2.75, 3.05) is 19.7 Å². The van der Waals surface area contributed by atoms with E-state index in [2.05, 4.69) is 4.98 Å². The van der Waals surface area contributed by atoms with Crippen molar-refractivity contribution in [3.8, 4) is 17.0 Å². The molecule has 2 heterocycles. The molecule has 1 aliphatic heterocycles. The van der Waals surface area contributed by atoms with Gasteiger partial charge in [0.15, 0.2) is 6.61 Å². The Morgan fingerprint density at radius 2 is 1.75 bits per heavy atom. The lowest BCUT2D eigenvalue weighted by molar-refractivity contribution is -0.133. The van der Waals surface area contributed by atoms with Gasteiger partial charge in [0, 0.05) is 24.0 Å². The lowest BCUT2D eigenvalue weighted by atomic mass is 10.0. The summed E-state index contributed by atoms with van der Waals surface area (Å²) in [4.78, 5) is 31.3. The van der Waals surface area contributed by atoms with Crippen LogP contribution in [0.5, 0.6) is 5.75 Å². The first-order chi connectivity index (χ1) is 13.6. The topological polar surface area (TPSA) is 79.7 Å². The van der Waals surface area contributed by atoms with E-state index in [1.807, 2.05) is 24.3 Å². The second-order valence-corrected chi connectivity index (χ2v) is 6.78. The van der Waals surface area contributed by atoms with Crippen LogP contribution >= 0.6 is 0 Å². The van der Waals surface area contributed by atoms with Crippen molar-refractivity contribution in [3.05, 3.63) is 60.2 Å². The standard InChI is InChI=1S/C22H20N2O4/c25-16-9-7-15(8-10-16)20-13-18(17-5-1-2-6-19(17)23-20)22(27)28-14-21(26)24-11-3-4-12-24/h1-2,5-10,13,25H,3-4,11-12,14H2. The number of hydrogen-bond donors (Lipinski definition) is 1. The number of aromatic hydroxyl groups is 1. The third-order valence-electron chi connectivity index (χ3n) is 4.88. The summed E-state index contributed by atoms with van der Waals surface area (Å²) in [7, 11) is 0. The summed E-state index contributed by atoms with van der Waals surface area (Å²) in [5.74, 6) is -0.557. The van der Waals surface area contributed by atoms with E-state index in [-0.39, 0.29) is 18.3 Å².